The van der Waals surface area contributed by atoms with E-state index in [-0.39, 0.29) is 18.4 Å². The van der Waals surface area contributed by atoms with Crippen molar-refractivity contribution in [1.29, 1.82) is 0 Å². The van der Waals surface area contributed by atoms with Crippen molar-refractivity contribution in [1.82, 2.24) is 9.80 Å². The fraction of sp³-hybridized carbons (Fsp3) is 0.591. The van der Waals surface area contributed by atoms with Gasteiger partial charge in [-0.3, -0.25) is 9.69 Å². The van der Waals surface area contributed by atoms with Gasteiger partial charge in [-0.1, -0.05) is 38.1 Å². The second-order valence-corrected chi connectivity index (χ2v) is 8.76. The lowest BCUT2D eigenvalue weighted by Gasteiger charge is -2.36. The van der Waals surface area contributed by atoms with E-state index < -0.39 is 29.7 Å². The Morgan fingerprint density at radius 2 is 1.76 bits per heavy atom. The molecule has 2 amide bonds. The molecule has 0 saturated heterocycles. The van der Waals surface area contributed by atoms with Crippen LogP contribution in [0.25, 0.3) is 0 Å². The molecule has 7 heteroatoms. The van der Waals surface area contributed by atoms with Crippen molar-refractivity contribution in [3.8, 4) is 0 Å². The second-order valence-electron chi connectivity index (χ2n) is 8.76. The summed E-state index contributed by atoms with van der Waals surface area (Å²) in [5.74, 6) is -0.908. The van der Waals surface area contributed by atoms with Gasteiger partial charge < -0.3 is 14.4 Å². The van der Waals surface area contributed by atoms with Crippen LogP contribution in [0, 0.1) is 5.92 Å². The average molecular weight is 405 g/mol. The molecule has 1 aliphatic rings. The van der Waals surface area contributed by atoms with E-state index in [0.717, 1.165) is 11.1 Å². The maximum Gasteiger partial charge on any atom is 0.410 e. The highest BCUT2D eigenvalue weighted by Gasteiger charge is 2.41. The molecular formula is C22H32N2O5. The Hall–Kier alpha value is -2.57. The highest BCUT2D eigenvalue weighted by atomic mass is 16.6. The number of nitrogens with zero attached hydrogens (tertiary/aromatic N) is 2. The molecule has 1 aromatic carbocycles. The largest absolute Gasteiger partial charge is 0.467 e. The minimum Gasteiger partial charge on any atom is -0.467 e. The van der Waals surface area contributed by atoms with Crippen molar-refractivity contribution in [3.63, 3.8) is 0 Å². The first-order chi connectivity index (χ1) is 13.5. The summed E-state index contributed by atoms with van der Waals surface area (Å²) in [4.78, 5) is 41.6. The minimum atomic E-state index is -0.778. The van der Waals surface area contributed by atoms with Crippen LogP contribution in [0.3, 0.4) is 0 Å². The second kappa shape index (κ2) is 8.84. The van der Waals surface area contributed by atoms with Crippen LogP contribution in [0.2, 0.25) is 0 Å². The van der Waals surface area contributed by atoms with Gasteiger partial charge in [0, 0.05) is 20.0 Å². The molecule has 0 bridgehead atoms. The molecule has 0 spiro atoms. The van der Waals surface area contributed by atoms with Crippen molar-refractivity contribution < 1.29 is 23.9 Å². The maximum atomic E-state index is 13.6. The third-order valence-electron chi connectivity index (χ3n) is 5.00. The Labute approximate surface area is 172 Å². The fourth-order valence-corrected chi connectivity index (χ4v) is 3.54. The molecular weight excluding hydrogens is 372 g/mol. The van der Waals surface area contributed by atoms with Crippen molar-refractivity contribution in [3.05, 3.63) is 35.4 Å². The predicted molar refractivity (Wildman–Crippen MR) is 109 cm³/mol. The minimum absolute atomic E-state index is 0.149. The van der Waals surface area contributed by atoms with Gasteiger partial charge in [-0.05, 0) is 37.8 Å². The molecule has 0 aliphatic carbocycles. The normalized spacial score (nSPS) is 18.0. The molecule has 0 saturated carbocycles. The third-order valence-corrected chi connectivity index (χ3v) is 5.00. The Kier molecular flexibility index (Phi) is 6.93. The highest BCUT2D eigenvalue weighted by Crippen LogP contribution is 2.27. The first kappa shape index (κ1) is 22.7. The average Bonchev–Trinajstić information content (AvgIpc) is 2.76. The molecule has 7 nitrogen and oxygen atoms in total. The van der Waals surface area contributed by atoms with E-state index in [9.17, 15) is 14.4 Å². The zero-order valence-corrected chi connectivity index (χ0v) is 18.4. The van der Waals surface area contributed by atoms with Gasteiger partial charge >= 0.3 is 12.1 Å². The smallest absolute Gasteiger partial charge is 0.410 e. The lowest BCUT2D eigenvalue weighted by atomic mass is 10.0. The van der Waals surface area contributed by atoms with E-state index in [1.807, 2.05) is 38.1 Å². The topological polar surface area (TPSA) is 76.2 Å². The zero-order valence-electron chi connectivity index (χ0n) is 18.4. The summed E-state index contributed by atoms with van der Waals surface area (Å²) in [6, 6.07) is 6.18. The lowest BCUT2D eigenvalue weighted by Crippen LogP contribution is -2.55. The molecule has 29 heavy (non-hydrogen) atoms. The van der Waals surface area contributed by atoms with Gasteiger partial charge in [-0.15, -0.1) is 0 Å². The molecule has 160 valence electrons. The third kappa shape index (κ3) is 5.28. The monoisotopic (exact) mass is 404 g/mol. The Balaban J connectivity index is 2.47. The number of carbonyl (C=O) groups excluding carboxylic acids is 3. The number of ether oxygens (including phenoxy) is 2. The summed E-state index contributed by atoms with van der Waals surface area (Å²) in [7, 11) is 2.88. The highest BCUT2D eigenvalue weighted by molar-refractivity contribution is 5.90. The Bertz CT molecular complexity index is 769. The van der Waals surface area contributed by atoms with Gasteiger partial charge in [0.05, 0.1) is 7.11 Å². The number of rotatable bonds is 4. The van der Waals surface area contributed by atoms with Gasteiger partial charge in [0.25, 0.3) is 0 Å². The number of likely N-dealkylation sites (N-methyl/N-ethyl adjacent to an activating group) is 1. The number of hydrogen-bond acceptors (Lipinski definition) is 5. The standard InChI is InChI=1S/C22H32N2O5/c1-14(2)18(20(26)28-7)24-13-16-11-9-8-10-15(16)12-17(19(24)25)23(6)21(27)29-22(3,4)5/h8-11,14,17-18H,12-13H2,1-7H3/t17-,18?/m1/s1. The summed E-state index contributed by atoms with van der Waals surface area (Å²) >= 11 is 0. The number of hydrogen-bond donors (Lipinski definition) is 0. The molecule has 2 atom stereocenters. The van der Waals surface area contributed by atoms with Crippen LogP contribution in [0.4, 0.5) is 4.79 Å². The van der Waals surface area contributed by atoms with E-state index >= 15 is 0 Å². The van der Waals surface area contributed by atoms with Gasteiger partial charge in [-0.2, -0.15) is 0 Å². The molecule has 2 rings (SSSR count). The summed E-state index contributed by atoms with van der Waals surface area (Å²) in [5, 5.41) is 0. The number of esters is 1. The molecule has 0 fully saturated rings. The van der Waals surface area contributed by atoms with Gasteiger partial charge in [0.2, 0.25) is 5.91 Å². The number of fused-ring (bicyclic) bond motifs is 1. The number of methoxy groups -OCH3 is 1. The van der Waals surface area contributed by atoms with Crippen molar-refractivity contribution in [2.24, 2.45) is 5.92 Å². The van der Waals surface area contributed by atoms with E-state index in [2.05, 4.69) is 0 Å². The Morgan fingerprint density at radius 1 is 1.17 bits per heavy atom. The summed E-state index contributed by atoms with van der Waals surface area (Å²) in [6.45, 7) is 9.37. The lowest BCUT2D eigenvalue weighted by molar-refractivity contribution is -0.157. The molecule has 0 N–H and O–H groups in total. The molecule has 1 heterocycles. The summed E-state index contributed by atoms with van der Waals surface area (Å²) in [6.07, 6.45) is -0.220. The first-order valence-electron chi connectivity index (χ1n) is 9.87. The quantitative estimate of drug-likeness (QED) is 0.721. The van der Waals surface area contributed by atoms with Crippen LogP contribution in [0.5, 0.6) is 0 Å². The molecule has 0 radical (unpaired) electrons. The van der Waals surface area contributed by atoms with Crippen molar-refractivity contribution in [2.45, 2.75) is 65.3 Å². The van der Waals surface area contributed by atoms with Crippen molar-refractivity contribution in [2.75, 3.05) is 14.2 Å². The molecule has 1 aliphatic heterocycles. The van der Waals surface area contributed by atoms with E-state index in [1.54, 1.807) is 27.8 Å². The van der Waals surface area contributed by atoms with Crippen molar-refractivity contribution >= 4 is 18.0 Å². The van der Waals surface area contributed by atoms with Crippen LogP contribution in [-0.2, 0) is 32.0 Å². The molecule has 1 aromatic rings. The maximum absolute atomic E-state index is 13.6. The van der Waals surface area contributed by atoms with Crippen LogP contribution in [0.1, 0.15) is 45.7 Å². The van der Waals surface area contributed by atoms with Crippen LogP contribution in [0.15, 0.2) is 24.3 Å². The van der Waals surface area contributed by atoms with Gasteiger partial charge in [-0.25, -0.2) is 9.59 Å². The number of benzene rings is 1. The first-order valence-corrected chi connectivity index (χ1v) is 9.87. The number of amides is 2. The SMILES string of the molecule is COC(=O)C(C(C)C)N1Cc2ccccc2C[C@@H](N(C)C(=O)OC(C)(C)C)C1=O. The fourth-order valence-electron chi connectivity index (χ4n) is 3.54. The summed E-state index contributed by atoms with van der Waals surface area (Å²) in [5.41, 5.74) is 1.25. The predicted octanol–water partition coefficient (Wildman–Crippen LogP) is 3.00. The van der Waals surface area contributed by atoms with E-state index in [4.69, 9.17) is 9.47 Å². The molecule has 0 aromatic heterocycles. The summed E-state index contributed by atoms with van der Waals surface area (Å²) < 4.78 is 10.4. The van der Waals surface area contributed by atoms with Crippen LogP contribution < -0.4 is 0 Å². The van der Waals surface area contributed by atoms with Gasteiger partial charge in [0.15, 0.2) is 0 Å². The zero-order chi connectivity index (χ0) is 21.9. The van der Waals surface area contributed by atoms with Gasteiger partial charge in [0.1, 0.15) is 17.7 Å². The van der Waals surface area contributed by atoms with Crippen LogP contribution in [-0.4, -0.2) is 59.6 Å². The Morgan fingerprint density at radius 3 is 2.28 bits per heavy atom. The van der Waals surface area contributed by atoms with Crippen LogP contribution >= 0.6 is 0 Å². The molecule has 1 unspecified atom stereocenters. The number of carbonyl (C=O) groups is 3. The van der Waals surface area contributed by atoms with E-state index in [0.29, 0.717) is 6.42 Å². The van der Waals surface area contributed by atoms with E-state index in [1.165, 1.54) is 16.9 Å².